The molecule has 0 aliphatic carbocycles. The monoisotopic (exact) mass is 236 g/mol. The number of halogens is 1. The normalized spacial score (nSPS) is 12.7. The molecule has 0 aliphatic rings. The number of nitrogens with two attached hydrogens (primary N) is 1. The lowest BCUT2D eigenvalue weighted by molar-refractivity contribution is -0.662. The summed E-state index contributed by atoms with van der Waals surface area (Å²) in [6, 6.07) is 8.13. The molecular formula is C12H15ClN3+. The minimum atomic E-state index is 0.220. The fourth-order valence-electron chi connectivity index (χ4n) is 1.84. The molecule has 0 saturated heterocycles. The van der Waals surface area contributed by atoms with E-state index < -0.39 is 0 Å². The molecule has 2 N–H and O–H groups in total. The molecule has 4 heteroatoms. The number of hydrogen-bond donors (Lipinski definition) is 1. The quantitative estimate of drug-likeness (QED) is 0.858. The predicted molar refractivity (Wildman–Crippen MR) is 64.4 cm³/mol. The smallest absolute Gasteiger partial charge is 0.172 e. The van der Waals surface area contributed by atoms with E-state index >= 15 is 0 Å². The van der Waals surface area contributed by atoms with Gasteiger partial charge in [-0.15, -0.1) is 0 Å². The highest BCUT2D eigenvalue weighted by molar-refractivity contribution is 6.30. The zero-order valence-corrected chi connectivity index (χ0v) is 10.1. The van der Waals surface area contributed by atoms with Gasteiger partial charge in [0.05, 0.1) is 7.05 Å². The molecule has 1 atom stereocenters. The fourth-order valence-corrected chi connectivity index (χ4v) is 1.96. The average molecular weight is 237 g/mol. The van der Waals surface area contributed by atoms with Crippen LogP contribution in [0.25, 0.3) is 0 Å². The van der Waals surface area contributed by atoms with Gasteiger partial charge in [-0.05, 0) is 12.1 Å². The summed E-state index contributed by atoms with van der Waals surface area (Å²) in [4.78, 5) is 4.38. The highest BCUT2D eigenvalue weighted by atomic mass is 35.5. The SMILES string of the molecule is C[NH2+][C@@H](c1ccc(Cl)cc1)c1nccn1C. The van der Waals surface area contributed by atoms with E-state index in [9.17, 15) is 0 Å². The summed E-state index contributed by atoms with van der Waals surface area (Å²) >= 11 is 5.88. The maximum atomic E-state index is 5.88. The second-order valence-corrected chi connectivity index (χ2v) is 4.20. The summed E-state index contributed by atoms with van der Waals surface area (Å²) in [5, 5.41) is 2.91. The minimum Gasteiger partial charge on any atom is -0.336 e. The Hall–Kier alpha value is -1.32. The Bertz CT molecular complexity index is 461. The first-order valence-electron chi connectivity index (χ1n) is 5.24. The van der Waals surface area contributed by atoms with E-state index in [2.05, 4.69) is 10.3 Å². The van der Waals surface area contributed by atoms with Crippen LogP contribution in [0.1, 0.15) is 17.4 Å². The van der Waals surface area contributed by atoms with Gasteiger partial charge in [-0.3, -0.25) is 0 Å². The van der Waals surface area contributed by atoms with E-state index in [-0.39, 0.29) is 6.04 Å². The number of benzene rings is 1. The molecule has 0 bridgehead atoms. The molecule has 0 amide bonds. The summed E-state index contributed by atoms with van der Waals surface area (Å²) in [7, 11) is 4.06. The molecule has 0 unspecified atom stereocenters. The van der Waals surface area contributed by atoms with Gasteiger partial charge in [0.1, 0.15) is 0 Å². The number of rotatable bonds is 3. The Morgan fingerprint density at radius 1 is 1.31 bits per heavy atom. The van der Waals surface area contributed by atoms with Crippen molar-refractivity contribution < 1.29 is 5.32 Å². The summed E-state index contributed by atoms with van der Waals surface area (Å²) in [5.41, 5.74) is 1.21. The molecule has 16 heavy (non-hydrogen) atoms. The van der Waals surface area contributed by atoms with E-state index in [0.717, 1.165) is 10.8 Å². The van der Waals surface area contributed by atoms with Crippen LogP contribution in [0.4, 0.5) is 0 Å². The van der Waals surface area contributed by atoms with Crippen molar-refractivity contribution in [3.63, 3.8) is 0 Å². The Balaban J connectivity index is 2.37. The number of imidazole rings is 1. The molecule has 1 heterocycles. The maximum absolute atomic E-state index is 5.88. The topological polar surface area (TPSA) is 34.4 Å². The predicted octanol–water partition coefficient (Wildman–Crippen LogP) is 1.36. The number of quaternary nitrogens is 1. The van der Waals surface area contributed by atoms with E-state index in [1.807, 2.05) is 55.3 Å². The molecule has 2 aromatic rings. The van der Waals surface area contributed by atoms with Crippen molar-refractivity contribution in [1.29, 1.82) is 0 Å². The van der Waals surface area contributed by atoms with Crippen LogP contribution in [0, 0.1) is 0 Å². The molecule has 84 valence electrons. The molecule has 3 nitrogen and oxygen atoms in total. The van der Waals surface area contributed by atoms with Gasteiger partial charge < -0.3 is 9.88 Å². The highest BCUT2D eigenvalue weighted by Crippen LogP contribution is 2.18. The van der Waals surface area contributed by atoms with Gasteiger partial charge in [-0.25, -0.2) is 4.98 Å². The molecule has 0 saturated carbocycles. The van der Waals surface area contributed by atoms with Gasteiger partial charge >= 0.3 is 0 Å². The van der Waals surface area contributed by atoms with Crippen molar-refractivity contribution in [3.8, 4) is 0 Å². The molecular weight excluding hydrogens is 222 g/mol. The van der Waals surface area contributed by atoms with Crippen molar-refractivity contribution in [2.75, 3.05) is 7.05 Å². The Kier molecular flexibility index (Phi) is 3.27. The summed E-state index contributed by atoms with van der Waals surface area (Å²) in [6.07, 6.45) is 3.78. The van der Waals surface area contributed by atoms with Crippen LogP contribution in [0.15, 0.2) is 36.7 Å². The number of hydrogen-bond acceptors (Lipinski definition) is 1. The van der Waals surface area contributed by atoms with Crippen molar-refractivity contribution >= 4 is 11.6 Å². The van der Waals surface area contributed by atoms with E-state index in [1.54, 1.807) is 0 Å². The summed E-state index contributed by atoms with van der Waals surface area (Å²) < 4.78 is 2.04. The lowest BCUT2D eigenvalue weighted by Gasteiger charge is -2.13. The number of aryl methyl sites for hydroxylation is 1. The van der Waals surface area contributed by atoms with Crippen LogP contribution in [-0.4, -0.2) is 16.6 Å². The van der Waals surface area contributed by atoms with E-state index in [0.29, 0.717) is 0 Å². The molecule has 0 radical (unpaired) electrons. The van der Waals surface area contributed by atoms with Crippen LogP contribution in [0.3, 0.4) is 0 Å². The zero-order chi connectivity index (χ0) is 11.5. The largest absolute Gasteiger partial charge is 0.336 e. The Morgan fingerprint density at radius 2 is 2.00 bits per heavy atom. The lowest BCUT2D eigenvalue weighted by atomic mass is 10.1. The van der Waals surface area contributed by atoms with E-state index in [4.69, 9.17) is 11.6 Å². The first-order valence-corrected chi connectivity index (χ1v) is 5.62. The Morgan fingerprint density at radius 3 is 2.50 bits per heavy atom. The molecule has 0 spiro atoms. The Labute approximate surface area is 100 Å². The van der Waals surface area contributed by atoms with Crippen LogP contribution in [0.2, 0.25) is 5.02 Å². The van der Waals surface area contributed by atoms with Gasteiger partial charge in [0.25, 0.3) is 0 Å². The van der Waals surface area contributed by atoms with Crippen LogP contribution in [-0.2, 0) is 7.05 Å². The van der Waals surface area contributed by atoms with Gasteiger partial charge in [0.15, 0.2) is 11.9 Å². The van der Waals surface area contributed by atoms with Crippen molar-refractivity contribution in [2.45, 2.75) is 6.04 Å². The maximum Gasteiger partial charge on any atom is 0.172 e. The van der Waals surface area contributed by atoms with Crippen LogP contribution in [0.5, 0.6) is 0 Å². The molecule has 1 aromatic carbocycles. The van der Waals surface area contributed by atoms with Gasteiger partial charge in [-0.1, -0.05) is 23.7 Å². The second kappa shape index (κ2) is 4.68. The van der Waals surface area contributed by atoms with Crippen LogP contribution < -0.4 is 5.32 Å². The van der Waals surface area contributed by atoms with Gasteiger partial charge in [0.2, 0.25) is 0 Å². The highest BCUT2D eigenvalue weighted by Gasteiger charge is 2.19. The third-order valence-corrected chi connectivity index (χ3v) is 2.95. The minimum absolute atomic E-state index is 0.220. The van der Waals surface area contributed by atoms with E-state index in [1.165, 1.54) is 5.56 Å². The summed E-state index contributed by atoms with van der Waals surface area (Å²) in [5.74, 6) is 1.05. The van der Waals surface area contributed by atoms with Crippen molar-refractivity contribution in [2.24, 2.45) is 7.05 Å². The zero-order valence-electron chi connectivity index (χ0n) is 9.39. The van der Waals surface area contributed by atoms with Crippen LogP contribution >= 0.6 is 11.6 Å². The van der Waals surface area contributed by atoms with Crippen molar-refractivity contribution in [1.82, 2.24) is 9.55 Å². The molecule has 0 fully saturated rings. The fraction of sp³-hybridized carbons (Fsp3) is 0.250. The third kappa shape index (κ3) is 2.10. The average Bonchev–Trinajstić information content (AvgIpc) is 2.69. The second-order valence-electron chi connectivity index (χ2n) is 3.76. The van der Waals surface area contributed by atoms with Gasteiger partial charge in [0, 0.05) is 30.0 Å². The standard InChI is InChI=1S/C12H14ClN3/c1-14-11(12-15-7-8-16(12)2)9-3-5-10(13)6-4-9/h3-8,11,14H,1-2H3/p+1/t11-/m0/s1. The van der Waals surface area contributed by atoms with Crippen molar-refractivity contribution in [3.05, 3.63) is 53.1 Å². The molecule has 0 aliphatic heterocycles. The molecule has 2 rings (SSSR count). The summed E-state index contributed by atoms with van der Waals surface area (Å²) in [6.45, 7) is 0. The lowest BCUT2D eigenvalue weighted by Crippen LogP contribution is -2.81. The van der Waals surface area contributed by atoms with Gasteiger partial charge in [-0.2, -0.15) is 0 Å². The first kappa shape index (κ1) is 11.2. The number of nitrogens with zero attached hydrogens (tertiary/aromatic N) is 2. The number of aromatic nitrogens is 2. The molecule has 1 aromatic heterocycles. The first-order chi connectivity index (χ1) is 7.72. The third-order valence-electron chi connectivity index (χ3n) is 2.70.